The van der Waals surface area contributed by atoms with Gasteiger partial charge in [-0.25, -0.2) is 21.9 Å². The number of benzene rings is 1. The van der Waals surface area contributed by atoms with E-state index in [2.05, 4.69) is 10.00 Å². The Morgan fingerprint density at radius 3 is 2.50 bits per heavy atom. The SMILES string of the molecule is CSc1nn(CN2CCN(S(=O)(=O)c3ccc(F)c(F)c3)CC2)c(=S)s1. The van der Waals surface area contributed by atoms with Crippen LogP contribution in [0.3, 0.4) is 0 Å². The lowest BCUT2D eigenvalue weighted by atomic mass is 10.3. The highest BCUT2D eigenvalue weighted by Crippen LogP contribution is 2.21. The number of halogens is 2. The minimum absolute atomic E-state index is 0.240. The van der Waals surface area contributed by atoms with Crippen molar-refractivity contribution < 1.29 is 17.2 Å². The number of nitrogens with zero attached hydrogens (tertiary/aromatic N) is 4. The maximum absolute atomic E-state index is 13.4. The topological polar surface area (TPSA) is 58.4 Å². The summed E-state index contributed by atoms with van der Waals surface area (Å²) in [5.74, 6) is -2.24. The van der Waals surface area contributed by atoms with Crippen molar-refractivity contribution in [2.75, 3.05) is 32.4 Å². The van der Waals surface area contributed by atoms with Crippen molar-refractivity contribution in [3.63, 3.8) is 0 Å². The molecule has 1 aromatic carbocycles. The number of hydrogen-bond acceptors (Lipinski definition) is 7. The van der Waals surface area contributed by atoms with Crippen LogP contribution in [0.25, 0.3) is 0 Å². The van der Waals surface area contributed by atoms with Crippen molar-refractivity contribution in [1.82, 2.24) is 19.0 Å². The number of piperazine rings is 1. The molecule has 1 aliphatic heterocycles. The Hall–Kier alpha value is -0.920. The van der Waals surface area contributed by atoms with Gasteiger partial charge < -0.3 is 0 Å². The Kier molecular flexibility index (Phi) is 6.09. The van der Waals surface area contributed by atoms with Crippen LogP contribution in [0, 0.1) is 15.6 Å². The molecule has 12 heteroatoms. The van der Waals surface area contributed by atoms with Gasteiger partial charge in [0, 0.05) is 26.2 Å². The van der Waals surface area contributed by atoms with E-state index in [-0.39, 0.29) is 18.0 Å². The van der Waals surface area contributed by atoms with Crippen LogP contribution in [0.5, 0.6) is 0 Å². The number of rotatable bonds is 5. The van der Waals surface area contributed by atoms with E-state index < -0.39 is 21.7 Å². The van der Waals surface area contributed by atoms with Crippen molar-refractivity contribution in [1.29, 1.82) is 0 Å². The Balaban J connectivity index is 1.66. The van der Waals surface area contributed by atoms with Gasteiger partial charge in [0.25, 0.3) is 0 Å². The quantitative estimate of drug-likeness (QED) is 0.528. The number of hydrogen-bond donors (Lipinski definition) is 0. The molecule has 142 valence electrons. The van der Waals surface area contributed by atoms with Crippen LogP contribution in [0.4, 0.5) is 8.78 Å². The highest BCUT2D eigenvalue weighted by molar-refractivity contribution is 8.00. The van der Waals surface area contributed by atoms with E-state index in [0.29, 0.717) is 23.7 Å². The summed E-state index contributed by atoms with van der Waals surface area (Å²) in [6.45, 7) is 2.00. The second kappa shape index (κ2) is 7.98. The molecule has 6 nitrogen and oxygen atoms in total. The fourth-order valence-electron chi connectivity index (χ4n) is 2.55. The highest BCUT2D eigenvalue weighted by Gasteiger charge is 2.29. The Morgan fingerprint density at radius 2 is 1.92 bits per heavy atom. The molecule has 3 rings (SSSR count). The smallest absolute Gasteiger partial charge is 0.243 e. The first-order valence-corrected chi connectivity index (χ1v) is 11.5. The Bertz CT molecular complexity index is 952. The van der Waals surface area contributed by atoms with Gasteiger partial charge >= 0.3 is 0 Å². The summed E-state index contributed by atoms with van der Waals surface area (Å²) in [5.41, 5.74) is 0. The third kappa shape index (κ3) is 4.15. The molecule has 1 saturated heterocycles. The molecule has 0 spiro atoms. The molecule has 2 aromatic rings. The largest absolute Gasteiger partial charge is 0.282 e. The van der Waals surface area contributed by atoms with Crippen LogP contribution in [-0.4, -0.2) is 59.8 Å². The zero-order chi connectivity index (χ0) is 18.9. The van der Waals surface area contributed by atoms with Gasteiger partial charge in [0.15, 0.2) is 19.9 Å². The summed E-state index contributed by atoms with van der Waals surface area (Å²) in [5, 5.41) is 4.40. The molecule has 0 unspecified atom stereocenters. The Morgan fingerprint density at radius 1 is 1.23 bits per heavy atom. The summed E-state index contributed by atoms with van der Waals surface area (Å²) >= 11 is 8.25. The van der Waals surface area contributed by atoms with E-state index in [9.17, 15) is 17.2 Å². The van der Waals surface area contributed by atoms with E-state index in [1.807, 2.05) is 6.26 Å². The molecule has 1 fully saturated rings. The van der Waals surface area contributed by atoms with Crippen molar-refractivity contribution in [2.24, 2.45) is 0 Å². The summed E-state index contributed by atoms with van der Waals surface area (Å²) in [7, 11) is -3.85. The third-order valence-electron chi connectivity index (χ3n) is 3.96. The van der Waals surface area contributed by atoms with Crippen LogP contribution in [0.1, 0.15) is 0 Å². The molecule has 1 aromatic heterocycles. The van der Waals surface area contributed by atoms with Gasteiger partial charge in [-0.3, -0.25) is 4.90 Å². The standard InChI is InChI=1S/C14H16F2N4O2S4/c1-24-13-17-20(14(23)25-13)9-18-4-6-19(7-5-18)26(21,22)10-2-3-11(15)12(16)8-10/h2-3,8H,4-7,9H2,1H3. The lowest BCUT2D eigenvalue weighted by Crippen LogP contribution is -2.48. The monoisotopic (exact) mass is 438 g/mol. The minimum Gasteiger partial charge on any atom is -0.282 e. The average molecular weight is 439 g/mol. The average Bonchev–Trinajstić information content (AvgIpc) is 2.97. The van der Waals surface area contributed by atoms with Crippen LogP contribution < -0.4 is 0 Å². The van der Waals surface area contributed by atoms with Crippen LogP contribution >= 0.6 is 35.3 Å². The maximum Gasteiger partial charge on any atom is 0.243 e. The van der Waals surface area contributed by atoms with Crippen molar-refractivity contribution in [2.45, 2.75) is 15.9 Å². The van der Waals surface area contributed by atoms with Gasteiger partial charge in [-0.15, -0.1) is 0 Å². The molecule has 0 radical (unpaired) electrons. The summed E-state index contributed by atoms with van der Waals surface area (Å²) in [4.78, 5) is 1.81. The predicted octanol–water partition coefficient (Wildman–Crippen LogP) is 2.64. The fourth-order valence-corrected chi connectivity index (χ4v) is 5.72. The molecule has 0 amide bonds. The van der Waals surface area contributed by atoms with E-state index in [1.165, 1.54) is 27.4 Å². The molecule has 0 atom stereocenters. The van der Waals surface area contributed by atoms with Crippen LogP contribution in [0.15, 0.2) is 27.4 Å². The first kappa shape index (κ1) is 19.8. The van der Waals surface area contributed by atoms with Gasteiger partial charge in [-0.1, -0.05) is 23.1 Å². The number of aromatic nitrogens is 2. The van der Waals surface area contributed by atoms with E-state index in [1.54, 1.807) is 4.68 Å². The lowest BCUT2D eigenvalue weighted by Gasteiger charge is -2.33. The zero-order valence-electron chi connectivity index (χ0n) is 13.8. The van der Waals surface area contributed by atoms with Crippen molar-refractivity contribution >= 4 is 45.3 Å². The van der Waals surface area contributed by atoms with Gasteiger partial charge in [0.2, 0.25) is 10.0 Å². The Labute approximate surface area is 163 Å². The van der Waals surface area contributed by atoms with Crippen LogP contribution in [-0.2, 0) is 16.7 Å². The van der Waals surface area contributed by atoms with E-state index in [0.717, 1.165) is 22.5 Å². The molecule has 0 N–H and O–H groups in total. The second-order valence-electron chi connectivity index (χ2n) is 5.58. The van der Waals surface area contributed by atoms with Crippen LogP contribution in [0.2, 0.25) is 0 Å². The first-order chi connectivity index (χ1) is 12.3. The van der Waals surface area contributed by atoms with Gasteiger partial charge in [-0.2, -0.15) is 9.40 Å². The molecular formula is C14H16F2N4O2S4. The second-order valence-corrected chi connectivity index (χ2v) is 10.2. The summed E-state index contributed by atoms with van der Waals surface area (Å²) in [6, 6.07) is 2.63. The summed E-state index contributed by atoms with van der Waals surface area (Å²) < 4.78 is 56.2. The number of sulfonamides is 1. The van der Waals surface area contributed by atoms with Gasteiger partial charge in [0.1, 0.15) is 0 Å². The molecule has 2 heterocycles. The van der Waals surface area contributed by atoms with Gasteiger partial charge in [-0.05, 0) is 36.7 Å². The lowest BCUT2D eigenvalue weighted by molar-refractivity contribution is 0.144. The normalized spacial score (nSPS) is 16.9. The summed E-state index contributed by atoms with van der Waals surface area (Å²) in [6.07, 6.45) is 1.93. The van der Waals surface area contributed by atoms with Gasteiger partial charge in [0.05, 0.1) is 11.6 Å². The van der Waals surface area contributed by atoms with E-state index >= 15 is 0 Å². The number of thioether (sulfide) groups is 1. The molecular weight excluding hydrogens is 422 g/mol. The maximum atomic E-state index is 13.4. The third-order valence-corrected chi connectivity index (χ3v) is 8.13. The minimum atomic E-state index is -3.85. The van der Waals surface area contributed by atoms with Crippen molar-refractivity contribution in [3.05, 3.63) is 33.8 Å². The molecule has 1 aliphatic rings. The molecule has 26 heavy (non-hydrogen) atoms. The molecule has 0 bridgehead atoms. The zero-order valence-corrected chi connectivity index (χ0v) is 17.0. The predicted molar refractivity (Wildman–Crippen MR) is 99.4 cm³/mol. The first-order valence-electron chi connectivity index (χ1n) is 7.61. The highest BCUT2D eigenvalue weighted by atomic mass is 32.2. The fraction of sp³-hybridized carbons (Fsp3) is 0.429. The van der Waals surface area contributed by atoms with E-state index in [4.69, 9.17) is 12.2 Å². The molecule has 0 saturated carbocycles. The van der Waals surface area contributed by atoms with Crippen molar-refractivity contribution in [3.8, 4) is 0 Å². The molecule has 0 aliphatic carbocycles.